The van der Waals surface area contributed by atoms with Gasteiger partial charge in [0.25, 0.3) is 0 Å². The van der Waals surface area contributed by atoms with Crippen LogP contribution in [-0.4, -0.2) is 24.5 Å². The summed E-state index contributed by atoms with van der Waals surface area (Å²) in [5, 5.41) is 19.3. The summed E-state index contributed by atoms with van der Waals surface area (Å²) >= 11 is 3.59. The Balaban J connectivity index is 1.93. The summed E-state index contributed by atoms with van der Waals surface area (Å²) in [6.45, 7) is 2.07. The van der Waals surface area contributed by atoms with E-state index < -0.39 is 6.10 Å². The lowest BCUT2D eigenvalue weighted by Crippen LogP contribution is -2.06. The van der Waals surface area contributed by atoms with Gasteiger partial charge in [-0.1, -0.05) is 13.0 Å². The molecule has 0 spiro atoms. The van der Waals surface area contributed by atoms with E-state index in [1.165, 1.54) is 0 Å². The summed E-state index contributed by atoms with van der Waals surface area (Å²) in [7, 11) is 1.90. The fourth-order valence-electron chi connectivity index (χ4n) is 2.55. The second-order valence-electron chi connectivity index (χ2n) is 5.03. The van der Waals surface area contributed by atoms with Gasteiger partial charge in [0.1, 0.15) is 0 Å². The first-order chi connectivity index (χ1) is 10.1. The largest absolute Gasteiger partial charge is 0.388 e. The molecule has 0 aromatic carbocycles. The highest BCUT2D eigenvalue weighted by atomic mass is 79.9. The highest BCUT2D eigenvalue weighted by molar-refractivity contribution is 9.10. The van der Waals surface area contributed by atoms with Crippen molar-refractivity contribution in [1.82, 2.24) is 19.4 Å². The van der Waals surface area contributed by atoms with Crippen LogP contribution in [0.25, 0.3) is 5.52 Å². The Morgan fingerprint density at radius 1 is 1.38 bits per heavy atom. The van der Waals surface area contributed by atoms with Gasteiger partial charge < -0.3 is 5.11 Å². The molecule has 5 nitrogen and oxygen atoms in total. The van der Waals surface area contributed by atoms with Gasteiger partial charge in [-0.2, -0.15) is 10.2 Å². The maximum atomic E-state index is 10.6. The molecule has 0 aliphatic rings. The van der Waals surface area contributed by atoms with Crippen molar-refractivity contribution in [3.63, 3.8) is 0 Å². The summed E-state index contributed by atoms with van der Waals surface area (Å²) in [6.07, 6.45) is 4.36. The van der Waals surface area contributed by atoms with E-state index in [0.29, 0.717) is 6.42 Å². The molecule has 0 aliphatic carbocycles. The van der Waals surface area contributed by atoms with Gasteiger partial charge in [0.2, 0.25) is 0 Å². The number of hydrogen-bond donors (Lipinski definition) is 1. The minimum atomic E-state index is -0.610. The molecule has 1 N–H and O–H groups in total. The van der Waals surface area contributed by atoms with Crippen LogP contribution in [-0.2, 0) is 19.9 Å². The van der Waals surface area contributed by atoms with Crippen LogP contribution in [0.2, 0.25) is 0 Å². The lowest BCUT2D eigenvalue weighted by Gasteiger charge is -2.10. The van der Waals surface area contributed by atoms with E-state index in [1.807, 2.05) is 36.1 Å². The summed E-state index contributed by atoms with van der Waals surface area (Å²) in [5.74, 6) is 0. The highest BCUT2D eigenvalue weighted by Crippen LogP contribution is 2.28. The second kappa shape index (κ2) is 5.61. The number of halogens is 1. The van der Waals surface area contributed by atoms with Crippen molar-refractivity contribution in [3.8, 4) is 0 Å². The molecule has 6 heteroatoms. The monoisotopic (exact) mass is 348 g/mol. The SMILES string of the molecule is CCc1nn(C)c(CC(O)c2cnn3ccccc23)c1Br. The predicted molar refractivity (Wildman–Crippen MR) is 84.1 cm³/mol. The van der Waals surface area contributed by atoms with Crippen LogP contribution >= 0.6 is 15.9 Å². The molecular weight excluding hydrogens is 332 g/mol. The van der Waals surface area contributed by atoms with Gasteiger partial charge in [0, 0.05) is 25.2 Å². The third-order valence-electron chi connectivity index (χ3n) is 3.70. The van der Waals surface area contributed by atoms with E-state index >= 15 is 0 Å². The normalized spacial score (nSPS) is 13.0. The third kappa shape index (κ3) is 2.49. The minimum absolute atomic E-state index is 0.500. The molecule has 0 bridgehead atoms. The van der Waals surface area contributed by atoms with Crippen molar-refractivity contribution in [2.75, 3.05) is 0 Å². The summed E-state index contributed by atoms with van der Waals surface area (Å²) in [6, 6.07) is 5.82. The lowest BCUT2D eigenvalue weighted by atomic mass is 10.1. The number of aliphatic hydroxyl groups excluding tert-OH is 1. The number of nitrogens with zero attached hydrogens (tertiary/aromatic N) is 4. The van der Waals surface area contributed by atoms with Gasteiger partial charge in [-0.15, -0.1) is 0 Å². The fraction of sp³-hybridized carbons (Fsp3) is 0.333. The van der Waals surface area contributed by atoms with Crippen LogP contribution in [0.1, 0.15) is 30.0 Å². The number of aliphatic hydroxyl groups is 1. The number of pyridine rings is 1. The molecule has 0 amide bonds. The Labute approximate surface area is 131 Å². The molecule has 0 saturated carbocycles. The van der Waals surface area contributed by atoms with E-state index in [2.05, 4.69) is 33.1 Å². The fourth-order valence-corrected chi connectivity index (χ4v) is 3.32. The van der Waals surface area contributed by atoms with Crippen LogP contribution in [0.15, 0.2) is 35.1 Å². The van der Waals surface area contributed by atoms with Crippen LogP contribution in [0.4, 0.5) is 0 Å². The molecule has 1 atom stereocenters. The zero-order valence-electron chi connectivity index (χ0n) is 12.0. The zero-order valence-corrected chi connectivity index (χ0v) is 13.6. The Bertz CT molecular complexity index is 777. The molecule has 3 aromatic heterocycles. The molecule has 3 heterocycles. The van der Waals surface area contributed by atoms with Gasteiger partial charge >= 0.3 is 0 Å². The highest BCUT2D eigenvalue weighted by Gasteiger charge is 2.19. The van der Waals surface area contributed by atoms with Crippen molar-refractivity contribution in [2.24, 2.45) is 7.05 Å². The van der Waals surface area contributed by atoms with Crippen molar-refractivity contribution in [3.05, 3.63) is 52.0 Å². The summed E-state index contributed by atoms with van der Waals surface area (Å²) in [4.78, 5) is 0. The molecule has 0 radical (unpaired) electrons. The van der Waals surface area contributed by atoms with Gasteiger partial charge in [-0.05, 0) is 34.5 Å². The van der Waals surface area contributed by atoms with Crippen molar-refractivity contribution < 1.29 is 5.11 Å². The first-order valence-electron chi connectivity index (χ1n) is 6.92. The zero-order chi connectivity index (χ0) is 15.0. The second-order valence-corrected chi connectivity index (χ2v) is 5.83. The molecule has 21 heavy (non-hydrogen) atoms. The quantitative estimate of drug-likeness (QED) is 0.788. The Hall–Kier alpha value is -1.66. The smallest absolute Gasteiger partial charge is 0.0882 e. The number of rotatable bonds is 4. The van der Waals surface area contributed by atoms with Crippen LogP contribution < -0.4 is 0 Å². The first-order valence-corrected chi connectivity index (χ1v) is 7.71. The maximum absolute atomic E-state index is 10.6. The molecular formula is C15H17BrN4O. The molecule has 1 unspecified atom stereocenters. The van der Waals surface area contributed by atoms with Gasteiger partial charge in [-0.25, -0.2) is 4.52 Å². The summed E-state index contributed by atoms with van der Waals surface area (Å²) in [5.41, 5.74) is 3.77. The molecule has 110 valence electrons. The average Bonchev–Trinajstić information content (AvgIpc) is 3.03. The van der Waals surface area contributed by atoms with Crippen LogP contribution in [0.5, 0.6) is 0 Å². The first kappa shape index (κ1) is 14.3. The van der Waals surface area contributed by atoms with E-state index in [4.69, 9.17) is 0 Å². The number of aromatic nitrogens is 4. The van der Waals surface area contributed by atoms with Crippen molar-refractivity contribution in [2.45, 2.75) is 25.9 Å². The van der Waals surface area contributed by atoms with Crippen molar-refractivity contribution >= 4 is 21.4 Å². The predicted octanol–water partition coefficient (Wildman–Crippen LogP) is 2.67. The van der Waals surface area contributed by atoms with Crippen LogP contribution in [0.3, 0.4) is 0 Å². The average molecular weight is 349 g/mol. The van der Waals surface area contributed by atoms with E-state index in [0.717, 1.165) is 33.4 Å². The van der Waals surface area contributed by atoms with E-state index in [1.54, 1.807) is 10.7 Å². The van der Waals surface area contributed by atoms with Crippen molar-refractivity contribution in [1.29, 1.82) is 0 Å². The molecule has 0 saturated heterocycles. The van der Waals surface area contributed by atoms with Gasteiger partial charge in [-0.3, -0.25) is 4.68 Å². The molecule has 0 aliphatic heterocycles. The van der Waals surface area contributed by atoms with Gasteiger partial charge in [0.05, 0.1) is 33.7 Å². The standard InChI is InChI=1S/C15H17BrN4O/c1-3-11-15(16)13(19(2)18-11)8-14(21)10-9-17-20-7-5-4-6-12(10)20/h4-7,9,14,21H,3,8H2,1-2H3. The molecule has 3 rings (SSSR count). The van der Waals surface area contributed by atoms with Crippen LogP contribution in [0, 0.1) is 0 Å². The lowest BCUT2D eigenvalue weighted by molar-refractivity contribution is 0.177. The molecule has 3 aromatic rings. The van der Waals surface area contributed by atoms with E-state index in [9.17, 15) is 5.11 Å². The summed E-state index contributed by atoms with van der Waals surface area (Å²) < 4.78 is 4.59. The third-order valence-corrected chi connectivity index (χ3v) is 4.62. The Morgan fingerprint density at radius 3 is 2.90 bits per heavy atom. The van der Waals surface area contributed by atoms with E-state index in [-0.39, 0.29) is 0 Å². The molecule has 0 fully saturated rings. The number of aryl methyl sites for hydroxylation is 2. The Morgan fingerprint density at radius 2 is 2.19 bits per heavy atom. The maximum Gasteiger partial charge on any atom is 0.0882 e. The van der Waals surface area contributed by atoms with Gasteiger partial charge in [0.15, 0.2) is 0 Å². The minimum Gasteiger partial charge on any atom is -0.388 e. The Kier molecular flexibility index (Phi) is 3.82. The number of fused-ring (bicyclic) bond motifs is 1. The topological polar surface area (TPSA) is 55.3 Å². The number of hydrogen-bond acceptors (Lipinski definition) is 3.